The molecule has 3 aromatic carbocycles. The fourth-order valence-corrected chi connectivity index (χ4v) is 3.06. The molecule has 0 bridgehead atoms. The van der Waals surface area contributed by atoms with Crippen molar-refractivity contribution in [1.82, 2.24) is 10.2 Å². The largest absolute Gasteiger partial charge is 0.493 e. The Bertz CT molecular complexity index is 1140. The molecule has 150 valence electrons. The van der Waals surface area contributed by atoms with Crippen molar-refractivity contribution in [2.45, 2.75) is 6.61 Å². The van der Waals surface area contributed by atoms with Crippen molar-refractivity contribution in [2.24, 2.45) is 0 Å². The van der Waals surface area contributed by atoms with E-state index in [0.717, 1.165) is 16.7 Å². The Morgan fingerprint density at radius 1 is 0.933 bits per heavy atom. The van der Waals surface area contributed by atoms with Crippen LogP contribution < -0.4 is 9.47 Å². The van der Waals surface area contributed by atoms with Crippen molar-refractivity contribution in [3.63, 3.8) is 0 Å². The van der Waals surface area contributed by atoms with Crippen LogP contribution in [0.4, 0.5) is 0 Å². The Hall–Kier alpha value is -3.57. The lowest BCUT2D eigenvalue weighted by atomic mass is 10.2. The Morgan fingerprint density at radius 2 is 1.67 bits per heavy atom. The minimum absolute atomic E-state index is 0.248. The van der Waals surface area contributed by atoms with Gasteiger partial charge in [-0.2, -0.15) is 0 Å². The van der Waals surface area contributed by atoms with E-state index in [4.69, 9.17) is 25.5 Å². The van der Waals surface area contributed by atoms with Crippen LogP contribution in [0.25, 0.3) is 22.6 Å². The van der Waals surface area contributed by atoms with Crippen molar-refractivity contribution in [3.05, 3.63) is 95.9 Å². The zero-order chi connectivity index (χ0) is 20.8. The van der Waals surface area contributed by atoms with Gasteiger partial charge >= 0.3 is 0 Å². The van der Waals surface area contributed by atoms with Crippen LogP contribution in [-0.2, 0) is 6.61 Å². The third-order valence-corrected chi connectivity index (χ3v) is 4.64. The predicted molar refractivity (Wildman–Crippen MR) is 117 cm³/mol. The smallest absolute Gasteiger partial charge is 0.259 e. The van der Waals surface area contributed by atoms with E-state index in [1.807, 2.05) is 78.9 Å². The molecule has 0 aliphatic carbocycles. The van der Waals surface area contributed by atoms with E-state index < -0.39 is 0 Å². The van der Waals surface area contributed by atoms with Gasteiger partial charge in [-0.15, -0.1) is 10.2 Å². The summed E-state index contributed by atoms with van der Waals surface area (Å²) in [5.41, 5.74) is 2.72. The molecule has 30 heavy (non-hydrogen) atoms. The quantitative estimate of drug-likeness (QED) is 0.365. The molecule has 0 radical (unpaired) electrons. The van der Waals surface area contributed by atoms with Crippen LogP contribution in [0.15, 0.2) is 83.3 Å². The molecule has 0 fully saturated rings. The third kappa shape index (κ3) is 4.70. The number of benzene rings is 3. The van der Waals surface area contributed by atoms with E-state index in [9.17, 15) is 0 Å². The van der Waals surface area contributed by atoms with E-state index in [0.29, 0.717) is 29.0 Å². The minimum atomic E-state index is 0.248. The third-order valence-electron chi connectivity index (χ3n) is 4.37. The normalized spacial score (nSPS) is 11.3. The standard InChI is InChI=1S/C24H19ClN2O3/c1-28-21-13-12-18(15-22(21)29-16-17-8-4-2-5-9-17)14-20(25)24-27-26-23(30-24)19-10-6-3-7-11-19/h2-15H,16H2,1H3/b20-14-. The molecule has 0 unspecified atom stereocenters. The summed E-state index contributed by atoms with van der Waals surface area (Å²) >= 11 is 6.43. The van der Waals surface area contributed by atoms with Gasteiger partial charge in [0.25, 0.3) is 5.89 Å². The SMILES string of the molecule is COc1ccc(/C=C(\Cl)c2nnc(-c3ccccc3)o2)cc1OCc1ccccc1. The fourth-order valence-electron chi connectivity index (χ4n) is 2.86. The Morgan fingerprint density at radius 3 is 2.40 bits per heavy atom. The molecule has 0 spiro atoms. The molecule has 0 N–H and O–H groups in total. The molecule has 4 aromatic rings. The lowest BCUT2D eigenvalue weighted by Gasteiger charge is -2.11. The van der Waals surface area contributed by atoms with Crippen molar-refractivity contribution in [1.29, 1.82) is 0 Å². The summed E-state index contributed by atoms with van der Waals surface area (Å²) in [6.07, 6.45) is 1.75. The topological polar surface area (TPSA) is 57.4 Å². The van der Waals surface area contributed by atoms with Gasteiger partial charge in [-0.05, 0) is 41.5 Å². The van der Waals surface area contributed by atoms with Gasteiger partial charge in [0, 0.05) is 5.56 Å². The molecule has 4 rings (SSSR count). The monoisotopic (exact) mass is 418 g/mol. The maximum atomic E-state index is 6.43. The molecule has 0 aliphatic rings. The maximum Gasteiger partial charge on any atom is 0.259 e. The number of methoxy groups -OCH3 is 1. The van der Waals surface area contributed by atoms with E-state index in [1.54, 1.807) is 13.2 Å². The van der Waals surface area contributed by atoms with E-state index in [1.165, 1.54) is 0 Å². The Kier molecular flexibility index (Phi) is 6.11. The average molecular weight is 419 g/mol. The van der Waals surface area contributed by atoms with E-state index in [-0.39, 0.29) is 5.89 Å². The van der Waals surface area contributed by atoms with Crippen LogP contribution >= 0.6 is 11.6 Å². The number of nitrogens with zero attached hydrogens (tertiary/aromatic N) is 2. The van der Waals surface area contributed by atoms with Crippen molar-refractivity contribution in [2.75, 3.05) is 7.11 Å². The molecular weight excluding hydrogens is 400 g/mol. The molecule has 1 aromatic heterocycles. The predicted octanol–water partition coefficient (Wildman–Crippen LogP) is 6.06. The summed E-state index contributed by atoms with van der Waals surface area (Å²) in [5, 5.41) is 8.46. The number of aromatic nitrogens is 2. The molecule has 0 saturated carbocycles. The van der Waals surface area contributed by atoms with Crippen molar-refractivity contribution < 1.29 is 13.9 Å². The van der Waals surface area contributed by atoms with Crippen molar-refractivity contribution >= 4 is 22.7 Å². The molecule has 0 aliphatic heterocycles. The maximum absolute atomic E-state index is 6.43. The molecule has 5 nitrogen and oxygen atoms in total. The summed E-state index contributed by atoms with van der Waals surface area (Å²) in [5.74, 6) is 1.93. The fraction of sp³-hybridized carbons (Fsp3) is 0.0833. The number of hydrogen-bond acceptors (Lipinski definition) is 5. The number of rotatable bonds is 7. The average Bonchev–Trinajstić information content (AvgIpc) is 3.30. The summed E-state index contributed by atoms with van der Waals surface area (Å²) in [4.78, 5) is 0. The molecular formula is C24H19ClN2O3. The van der Waals surface area contributed by atoms with E-state index in [2.05, 4.69) is 10.2 Å². The summed E-state index contributed by atoms with van der Waals surface area (Å²) < 4.78 is 17.1. The zero-order valence-electron chi connectivity index (χ0n) is 16.3. The highest BCUT2D eigenvalue weighted by atomic mass is 35.5. The van der Waals surface area contributed by atoms with Crippen LogP contribution in [0.5, 0.6) is 11.5 Å². The highest BCUT2D eigenvalue weighted by molar-refractivity contribution is 6.50. The van der Waals surface area contributed by atoms with Crippen LogP contribution in [0.1, 0.15) is 17.0 Å². The molecule has 0 saturated heterocycles. The number of halogens is 1. The van der Waals surface area contributed by atoms with Gasteiger partial charge in [0.2, 0.25) is 5.89 Å². The van der Waals surface area contributed by atoms with E-state index >= 15 is 0 Å². The second kappa shape index (κ2) is 9.29. The van der Waals surface area contributed by atoms with Gasteiger partial charge in [0.15, 0.2) is 11.5 Å². The highest BCUT2D eigenvalue weighted by Gasteiger charge is 2.12. The van der Waals surface area contributed by atoms with Crippen LogP contribution in [0.2, 0.25) is 0 Å². The Balaban J connectivity index is 1.55. The van der Waals surface area contributed by atoms with Crippen molar-refractivity contribution in [3.8, 4) is 23.0 Å². The molecule has 0 atom stereocenters. The summed E-state index contributed by atoms with van der Waals surface area (Å²) in [6.45, 7) is 0.433. The molecule has 0 amide bonds. The summed E-state index contributed by atoms with van der Waals surface area (Å²) in [6, 6.07) is 25.0. The van der Waals surface area contributed by atoms with Gasteiger partial charge in [-0.25, -0.2) is 0 Å². The highest BCUT2D eigenvalue weighted by Crippen LogP contribution is 2.31. The number of ether oxygens (including phenoxy) is 2. The first-order valence-electron chi connectivity index (χ1n) is 9.34. The second-order valence-corrected chi connectivity index (χ2v) is 6.86. The van der Waals surface area contributed by atoms with Gasteiger partial charge in [0.1, 0.15) is 11.6 Å². The van der Waals surface area contributed by atoms with Gasteiger partial charge in [0.05, 0.1) is 7.11 Å². The van der Waals surface area contributed by atoms with Gasteiger partial charge in [-0.1, -0.05) is 66.2 Å². The Labute approximate surface area is 179 Å². The minimum Gasteiger partial charge on any atom is -0.493 e. The molecule has 1 heterocycles. The first-order valence-corrected chi connectivity index (χ1v) is 9.72. The first-order chi connectivity index (χ1) is 14.7. The van der Waals surface area contributed by atoms with Gasteiger partial charge in [-0.3, -0.25) is 0 Å². The second-order valence-electron chi connectivity index (χ2n) is 6.46. The zero-order valence-corrected chi connectivity index (χ0v) is 17.0. The van der Waals surface area contributed by atoms with Gasteiger partial charge < -0.3 is 13.9 Å². The lowest BCUT2D eigenvalue weighted by molar-refractivity contribution is 0.284. The molecule has 6 heteroatoms. The van der Waals surface area contributed by atoms with Crippen LogP contribution in [-0.4, -0.2) is 17.3 Å². The summed E-state index contributed by atoms with van der Waals surface area (Å²) in [7, 11) is 1.61. The first kappa shape index (κ1) is 19.7. The van der Waals surface area contributed by atoms with Crippen LogP contribution in [0.3, 0.4) is 0 Å². The van der Waals surface area contributed by atoms with Crippen LogP contribution in [0, 0.1) is 0 Å². The lowest BCUT2D eigenvalue weighted by Crippen LogP contribution is -1.97. The number of hydrogen-bond donors (Lipinski definition) is 0.